The first-order valence-corrected chi connectivity index (χ1v) is 20.6. The summed E-state index contributed by atoms with van der Waals surface area (Å²) in [6.07, 6.45) is 0.590. The predicted molar refractivity (Wildman–Crippen MR) is 205 cm³/mol. The van der Waals surface area contributed by atoms with Crippen molar-refractivity contribution in [1.82, 2.24) is 24.9 Å². The number of para-hydroxylation sites is 1. The average molecular weight is 965 g/mol. The Bertz CT molecular complexity index is 2920. The summed E-state index contributed by atoms with van der Waals surface area (Å²) in [5.74, 6) is -1.80. The van der Waals surface area contributed by atoms with Gasteiger partial charge in [0.15, 0.2) is 11.0 Å². The Hall–Kier alpha value is -2.57. The number of allylic oxidation sites excluding steroid dienone is 1. The van der Waals surface area contributed by atoms with Crippen molar-refractivity contribution in [1.29, 1.82) is 0 Å². The van der Waals surface area contributed by atoms with Gasteiger partial charge in [0, 0.05) is 18.4 Å². The molecule has 0 saturated heterocycles. The maximum Gasteiger partial charge on any atom is 1.00 e. The van der Waals surface area contributed by atoms with Crippen molar-refractivity contribution >= 4 is 129 Å². The molecule has 2 heterocycles. The number of ketones is 1. The topological polar surface area (TPSA) is 326 Å². The SMILES string of the molecule is CNc1nc(Nc2cccc(Nc3nc(Cl)nc(Cl)c3Cl)c2)nc(Nc2cc(S(=O)(=O)[O-])cc3c2C(=O)C(=NNc2ccccc2S(=O)(=O)[O-])C(S(=O)(=O)[O-])=C3)n1.[Na+].[Na+].[Na+]. The number of fused-ring (bicyclic) bond motifs is 1. The van der Waals surface area contributed by atoms with Gasteiger partial charge in [-0.1, -0.05) is 41.4 Å². The predicted octanol–water partition coefficient (Wildman–Crippen LogP) is -4.73. The second kappa shape index (κ2) is 20.7. The number of carbonyl (C=O) groups is 1. The van der Waals surface area contributed by atoms with Gasteiger partial charge >= 0.3 is 88.7 Å². The summed E-state index contributed by atoms with van der Waals surface area (Å²) in [4.78, 5) is 31.4. The van der Waals surface area contributed by atoms with Crippen LogP contribution in [0.3, 0.4) is 0 Å². The number of nitrogens with zero attached hydrogens (tertiary/aromatic N) is 6. The minimum absolute atomic E-state index is 0. The molecule has 5 N–H and O–H groups in total. The van der Waals surface area contributed by atoms with Gasteiger partial charge in [-0.25, -0.2) is 30.2 Å². The zero-order valence-corrected chi connectivity index (χ0v) is 41.7. The van der Waals surface area contributed by atoms with Gasteiger partial charge in [0.05, 0.1) is 31.6 Å². The number of anilines is 8. The van der Waals surface area contributed by atoms with E-state index in [-0.39, 0.29) is 128 Å². The van der Waals surface area contributed by atoms with E-state index in [0.29, 0.717) is 23.5 Å². The van der Waals surface area contributed by atoms with Gasteiger partial charge in [-0.2, -0.15) is 25.0 Å². The third kappa shape index (κ3) is 12.3. The number of carbonyl (C=O) groups excluding carboxylic acids is 1. The summed E-state index contributed by atoms with van der Waals surface area (Å²) in [6, 6.07) is 12.4. The minimum Gasteiger partial charge on any atom is -0.744 e. The zero-order valence-electron chi connectivity index (χ0n) is 31.0. The third-order valence-electron chi connectivity index (χ3n) is 7.38. The van der Waals surface area contributed by atoms with Gasteiger partial charge in [-0.05, 0) is 65.7 Å². The Labute approximate surface area is 422 Å². The fraction of sp³-hybridized carbons (Fsp3) is 0.0333. The van der Waals surface area contributed by atoms with Gasteiger partial charge in [0.25, 0.3) is 0 Å². The van der Waals surface area contributed by atoms with E-state index in [1.54, 1.807) is 24.3 Å². The summed E-state index contributed by atoms with van der Waals surface area (Å²) < 4.78 is 109. The Morgan fingerprint density at radius 1 is 0.667 bits per heavy atom. The van der Waals surface area contributed by atoms with Crippen LogP contribution in [-0.2, 0) is 30.4 Å². The summed E-state index contributed by atoms with van der Waals surface area (Å²) in [7, 11) is -14.5. The number of aromatic nitrogens is 5. The molecular formula is C30H19Cl3N11Na3O10S3. The molecule has 0 spiro atoms. The van der Waals surface area contributed by atoms with Crippen LogP contribution in [0, 0.1) is 0 Å². The third-order valence-corrected chi connectivity index (χ3v) is 10.8. The first kappa shape index (κ1) is 51.8. The first-order valence-electron chi connectivity index (χ1n) is 15.2. The van der Waals surface area contributed by atoms with Crippen LogP contribution in [0.4, 0.5) is 46.4 Å². The molecule has 0 bridgehead atoms. The van der Waals surface area contributed by atoms with E-state index in [0.717, 1.165) is 18.2 Å². The summed E-state index contributed by atoms with van der Waals surface area (Å²) in [5.41, 5.74) is -0.155. The molecule has 2 aromatic heterocycles. The van der Waals surface area contributed by atoms with Crippen molar-refractivity contribution in [2.75, 3.05) is 33.7 Å². The van der Waals surface area contributed by atoms with Crippen LogP contribution in [0.2, 0.25) is 15.5 Å². The molecule has 5 aromatic rings. The average Bonchev–Trinajstić information content (AvgIpc) is 3.12. The van der Waals surface area contributed by atoms with Crippen molar-refractivity contribution in [2.24, 2.45) is 5.10 Å². The summed E-state index contributed by atoms with van der Waals surface area (Å²) >= 11 is 18.1. The van der Waals surface area contributed by atoms with Crippen LogP contribution in [0.1, 0.15) is 15.9 Å². The van der Waals surface area contributed by atoms with E-state index in [4.69, 9.17) is 34.8 Å². The maximum atomic E-state index is 14.0. The Morgan fingerprint density at radius 2 is 1.28 bits per heavy atom. The molecule has 30 heteroatoms. The molecule has 296 valence electrons. The number of nitrogens with one attached hydrogen (secondary N) is 5. The molecule has 0 fully saturated rings. The number of hydrazone groups is 1. The number of Topliss-reactive ketones (excluding diaryl/α,β-unsaturated/α-hetero) is 1. The molecule has 0 radical (unpaired) electrons. The number of hydrogen-bond donors (Lipinski definition) is 5. The van der Waals surface area contributed by atoms with Gasteiger partial charge < -0.3 is 34.9 Å². The number of halogens is 3. The molecule has 0 atom stereocenters. The maximum absolute atomic E-state index is 14.0. The van der Waals surface area contributed by atoms with E-state index < -0.39 is 79.0 Å². The molecule has 1 aliphatic carbocycles. The van der Waals surface area contributed by atoms with Crippen LogP contribution in [0.25, 0.3) is 6.08 Å². The van der Waals surface area contributed by atoms with Crippen molar-refractivity contribution in [3.63, 3.8) is 0 Å². The second-order valence-corrected chi connectivity index (χ2v) is 16.3. The van der Waals surface area contributed by atoms with Gasteiger partial charge in [-0.3, -0.25) is 10.2 Å². The van der Waals surface area contributed by atoms with Crippen molar-refractivity contribution < 1.29 is 132 Å². The van der Waals surface area contributed by atoms with Crippen LogP contribution in [-0.4, -0.2) is 82.4 Å². The van der Waals surface area contributed by atoms with Gasteiger partial charge in [-0.15, -0.1) is 0 Å². The van der Waals surface area contributed by atoms with Crippen molar-refractivity contribution in [2.45, 2.75) is 9.79 Å². The molecule has 1 aliphatic rings. The first-order chi connectivity index (χ1) is 26.7. The van der Waals surface area contributed by atoms with Crippen molar-refractivity contribution in [3.8, 4) is 0 Å². The van der Waals surface area contributed by atoms with E-state index in [1.165, 1.54) is 19.2 Å². The summed E-state index contributed by atoms with van der Waals surface area (Å²) in [5, 5.41) is 14.6. The normalized spacial score (nSPS) is 13.1. The molecule has 60 heavy (non-hydrogen) atoms. The second-order valence-electron chi connectivity index (χ2n) is 11.2. The standard InChI is InChI=1S/C30H22Cl3N11O10S3.3Na/c1-34-28-40-29(36-15-6-4-5-14(11-15)35-26-22(31)25(32)38-27(33)39-26)42-30(41-28)37-18-12-16(55(46,47)48)9-13-10-20(57(52,53)54)23(24(45)21(13)18)44-43-17-7-2-3-8-19(17)56(49,50)51;;;/h2-12,43H,1H3,(H,35,38,39)(H,46,47,48)(H,49,50,51)(H,52,53,54)(H3,34,36,37,40,41,42);;;/q;3*+1/p-3. The monoisotopic (exact) mass is 963 g/mol. The fourth-order valence-electron chi connectivity index (χ4n) is 5.01. The van der Waals surface area contributed by atoms with Crippen LogP contribution < -0.4 is 115 Å². The quantitative estimate of drug-likeness (QED) is 0.0258. The zero-order chi connectivity index (χ0) is 41.4. The number of hydrogen-bond acceptors (Lipinski definition) is 21. The van der Waals surface area contributed by atoms with Crippen LogP contribution >= 0.6 is 34.8 Å². The van der Waals surface area contributed by atoms with Gasteiger partial charge in [0.2, 0.25) is 28.9 Å². The van der Waals surface area contributed by atoms with Crippen LogP contribution in [0.15, 0.2) is 80.5 Å². The van der Waals surface area contributed by atoms with Crippen LogP contribution in [0.5, 0.6) is 0 Å². The smallest absolute Gasteiger partial charge is 0.744 e. The van der Waals surface area contributed by atoms with Gasteiger partial charge in [0.1, 0.15) is 41.1 Å². The minimum atomic E-state index is -5.57. The molecule has 21 nitrogen and oxygen atoms in total. The molecule has 0 unspecified atom stereocenters. The van der Waals surface area contributed by atoms with Crippen molar-refractivity contribution in [3.05, 3.63) is 92.2 Å². The Morgan fingerprint density at radius 3 is 1.90 bits per heavy atom. The van der Waals surface area contributed by atoms with E-state index in [1.807, 2.05) is 0 Å². The number of rotatable bonds is 12. The van der Waals surface area contributed by atoms with E-state index >= 15 is 0 Å². The molecular weight excluding hydrogens is 946 g/mol. The number of benzene rings is 3. The summed E-state index contributed by atoms with van der Waals surface area (Å²) in [6.45, 7) is 0. The molecule has 6 rings (SSSR count). The van der Waals surface area contributed by atoms with E-state index in [9.17, 15) is 43.7 Å². The fourth-order valence-corrected chi connectivity index (χ4v) is 7.34. The molecule has 0 saturated carbocycles. The molecule has 0 aliphatic heterocycles. The Balaban J connectivity index is 0.00000320. The Kier molecular flexibility index (Phi) is 17.9. The van der Waals surface area contributed by atoms with E-state index in [2.05, 4.69) is 56.7 Å². The molecule has 3 aromatic carbocycles. The molecule has 0 amide bonds. The largest absolute Gasteiger partial charge is 1.00 e.